The number of rotatable bonds is 3. The van der Waals surface area contributed by atoms with Gasteiger partial charge in [0.05, 0.1) is 11.9 Å². The highest BCUT2D eigenvalue weighted by Gasteiger charge is 2.29. The van der Waals surface area contributed by atoms with Crippen LogP contribution in [0.5, 0.6) is 0 Å². The molecule has 0 saturated carbocycles. The van der Waals surface area contributed by atoms with Gasteiger partial charge in [0, 0.05) is 5.57 Å². The van der Waals surface area contributed by atoms with Crippen molar-refractivity contribution in [2.75, 3.05) is 0 Å². The van der Waals surface area contributed by atoms with E-state index in [4.69, 9.17) is 0 Å². The van der Waals surface area contributed by atoms with Crippen LogP contribution in [-0.2, 0) is 9.63 Å². The number of alkyl halides is 3. The average molecular weight is 201 g/mol. The Morgan fingerprint density at radius 1 is 1.58 bits per heavy atom. The number of halogens is 3. The van der Waals surface area contributed by atoms with E-state index in [0.29, 0.717) is 0 Å². The normalized spacial score (nSPS) is 11.0. The molecule has 0 radical (unpaired) electrons. The third-order valence-corrected chi connectivity index (χ3v) is 1.04. The first-order valence-corrected chi connectivity index (χ1v) is 3.51. The molecule has 7 heteroatoms. The van der Waals surface area contributed by atoms with E-state index < -0.39 is 23.4 Å². The second-order valence-electron chi connectivity index (χ2n) is 1.80. The smallest absolute Gasteiger partial charge is 0.356 e. The predicted octanol–water partition coefficient (Wildman–Crippen LogP) is 1.78. The van der Waals surface area contributed by atoms with E-state index in [2.05, 4.69) is 11.4 Å². The Morgan fingerprint density at radius 3 is 2.42 bits per heavy atom. The molecule has 12 heavy (non-hydrogen) atoms. The fourth-order valence-corrected chi connectivity index (χ4v) is 0.405. The zero-order valence-corrected chi connectivity index (χ0v) is 6.88. The van der Waals surface area contributed by atoms with Crippen LogP contribution in [0.15, 0.2) is 12.2 Å². The minimum atomic E-state index is -4.48. The van der Waals surface area contributed by atoms with Gasteiger partial charge in [-0.25, -0.2) is 4.79 Å². The van der Waals surface area contributed by atoms with E-state index in [1.807, 2.05) is 0 Å². The minimum Gasteiger partial charge on any atom is -0.356 e. The molecule has 0 unspecified atom stereocenters. The molecule has 0 heterocycles. The molecule has 0 aromatic rings. The summed E-state index contributed by atoms with van der Waals surface area (Å²) in [6.07, 6.45) is 0. The number of carbonyl (C=O) groups excluding carboxylic acids is 1. The highest BCUT2D eigenvalue weighted by Crippen LogP contribution is 2.27. The van der Waals surface area contributed by atoms with E-state index in [-0.39, 0.29) is 5.57 Å². The first-order chi connectivity index (χ1) is 5.33. The Labute approximate surface area is 71.0 Å². The molecule has 0 fully saturated rings. The van der Waals surface area contributed by atoms with Crippen LogP contribution in [0.3, 0.4) is 0 Å². The van der Waals surface area contributed by atoms with Crippen molar-refractivity contribution in [1.29, 1.82) is 0 Å². The second-order valence-corrected chi connectivity index (χ2v) is 2.63. The summed E-state index contributed by atoms with van der Waals surface area (Å²) in [7, 11) is 0. The van der Waals surface area contributed by atoms with Crippen LogP contribution < -0.4 is 4.89 Å². The summed E-state index contributed by atoms with van der Waals surface area (Å²) in [5, 5.41) is 0. The molecule has 3 nitrogen and oxygen atoms in total. The van der Waals surface area contributed by atoms with Gasteiger partial charge < -0.3 is 4.84 Å². The molecular weight excluding hydrogens is 195 g/mol. The topological polar surface area (TPSA) is 38.3 Å². The molecule has 70 valence electrons. The summed E-state index contributed by atoms with van der Waals surface area (Å²) >= 11 is -0.655. The predicted molar refractivity (Wildman–Crippen MR) is 37.7 cm³/mol. The molecule has 0 aliphatic heterocycles. The lowest BCUT2D eigenvalue weighted by atomic mass is 10.4. The van der Waals surface area contributed by atoms with Gasteiger partial charge in [-0.2, -0.15) is 13.2 Å². The maximum absolute atomic E-state index is 11.4. The van der Waals surface area contributed by atoms with Crippen molar-refractivity contribution in [3.05, 3.63) is 12.2 Å². The molecular formula is C5H6F3NO2S. The molecule has 1 N–H and O–H groups in total. The molecule has 0 amide bonds. The molecule has 0 spiro atoms. The summed E-state index contributed by atoms with van der Waals surface area (Å²) in [5.41, 5.74) is -4.46. The quantitative estimate of drug-likeness (QED) is 0.429. The molecule has 0 saturated heterocycles. The molecule has 0 aliphatic rings. The van der Waals surface area contributed by atoms with Gasteiger partial charge in [0.25, 0.3) is 0 Å². The first kappa shape index (κ1) is 11.3. The highest BCUT2D eigenvalue weighted by molar-refractivity contribution is 7.98. The molecule has 0 aromatic carbocycles. The van der Waals surface area contributed by atoms with Crippen LogP contribution in [0.2, 0.25) is 0 Å². The van der Waals surface area contributed by atoms with Crippen molar-refractivity contribution in [2.24, 2.45) is 0 Å². The largest absolute Gasteiger partial charge is 0.459 e. The van der Waals surface area contributed by atoms with Gasteiger partial charge in [-0.1, -0.05) is 11.5 Å². The Balaban J connectivity index is 3.58. The van der Waals surface area contributed by atoms with Gasteiger partial charge in [-0.3, -0.25) is 0 Å². The van der Waals surface area contributed by atoms with Gasteiger partial charge in [0.2, 0.25) is 0 Å². The van der Waals surface area contributed by atoms with Gasteiger partial charge in [-0.15, -0.1) is 0 Å². The lowest BCUT2D eigenvalue weighted by Crippen LogP contribution is -2.18. The lowest BCUT2D eigenvalue weighted by Gasteiger charge is -2.05. The third kappa shape index (κ3) is 6.05. The first-order valence-electron chi connectivity index (χ1n) is 2.69. The Morgan fingerprint density at radius 2 is 2.08 bits per heavy atom. The SMILES string of the molecule is C=C(C)C(=O)ONSC(F)(F)F. The van der Waals surface area contributed by atoms with Crippen LogP contribution in [0, 0.1) is 0 Å². The van der Waals surface area contributed by atoms with Crippen molar-refractivity contribution in [2.45, 2.75) is 12.4 Å². The molecule has 0 aromatic heterocycles. The van der Waals surface area contributed by atoms with Crippen molar-refractivity contribution >= 4 is 17.9 Å². The fraction of sp³-hybridized carbons (Fsp3) is 0.400. The van der Waals surface area contributed by atoms with Crippen LogP contribution >= 0.6 is 11.9 Å². The monoisotopic (exact) mass is 201 g/mol. The highest BCUT2D eigenvalue weighted by atomic mass is 32.2. The Kier molecular flexibility index (Phi) is 4.11. The van der Waals surface area contributed by atoms with Gasteiger partial charge in [-0.05, 0) is 6.92 Å². The van der Waals surface area contributed by atoms with E-state index in [1.54, 1.807) is 0 Å². The van der Waals surface area contributed by atoms with E-state index >= 15 is 0 Å². The van der Waals surface area contributed by atoms with Crippen molar-refractivity contribution in [3.63, 3.8) is 0 Å². The summed E-state index contributed by atoms with van der Waals surface area (Å²) in [6, 6.07) is 0. The molecule has 0 aliphatic carbocycles. The van der Waals surface area contributed by atoms with Gasteiger partial charge in [0.1, 0.15) is 0 Å². The number of hydrogen-bond acceptors (Lipinski definition) is 4. The van der Waals surface area contributed by atoms with Gasteiger partial charge in [0.15, 0.2) is 0 Å². The van der Waals surface area contributed by atoms with Crippen molar-refractivity contribution in [1.82, 2.24) is 4.89 Å². The summed E-state index contributed by atoms with van der Waals surface area (Å²) in [4.78, 5) is 15.8. The maximum Gasteiger partial charge on any atom is 0.459 e. The molecule has 0 atom stereocenters. The second kappa shape index (κ2) is 4.36. The zero-order valence-electron chi connectivity index (χ0n) is 6.07. The number of carbonyl (C=O) groups is 1. The average Bonchev–Trinajstić information content (AvgIpc) is 1.84. The molecule has 0 bridgehead atoms. The van der Waals surface area contributed by atoms with Crippen LogP contribution in [-0.4, -0.2) is 11.5 Å². The summed E-state index contributed by atoms with van der Waals surface area (Å²) in [5.74, 6) is -0.924. The Hall–Kier alpha value is -0.690. The zero-order chi connectivity index (χ0) is 9.78. The van der Waals surface area contributed by atoms with E-state index in [9.17, 15) is 18.0 Å². The van der Waals surface area contributed by atoms with Crippen molar-refractivity contribution < 1.29 is 22.8 Å². The van der Waals surface area contributed by atoms with E-state index in [1.165, 1.54) is 11.8 Å². The summed E-state index contributed by atoms with van der Waals surface area (Å²) in [6.45, 7) is 4.49. The van der Waals surface area contributed by atoms with Crippen LogP contribution in [0.1, 0.15) is 6.92 Å². The van der Waals surface area contributed by atoms with Crippen molar-refractivity contribution in [3.8, 4) is 0 Å². The van der Waals surface area contributed by atoms with E-state index in [0.717, 1.165) is 0 Å². The van der Waals surface area contributed by atoms with Crippen LogP contribution in [0.25, 0.3) is 0 Å². The Bertz CT molecular complexity index is 192. The lowest BCUT2D eigenvalue weighted by molar-refractivity contribution is -0.142. The molecule has 0 rings (SSSR count). The van der Waals surface area contributed by atoms with Gasteiger partial charge >= 0.3 is 11.5 Å². The summed E-state index contributed by atoms with van der Waals surface area (Å²) < 4.78 is 34.2. The third-order valence-electron chi connectivity index (χ3n) is 0.640. The fourth-order valence-electron chi connectivity index (χ4n) is 0.193. The standard InChI is InChI=1S/C5H6F3NO2S/c1-3(2)4(10)11-9-12-5(6,7)8/h9H,1H2,2H3. The van der Waals surface area contributed by atoms with Crippen LogP contribution in [0.4, 0.5) is 13.2 Å². The number of hydrogen-bond donors (Lipinski definition) is 1. The number of nitrogens with one attached hydrogen (secondary N) is 1. The minimum absolute atomic E-state index is 0.0188. The maximum atomic E-state index is 11.4.